The molecule has 2 N–H and O–H groups in total. The van der Waals surface area contributed by atoms with Gasteiger partial charge in [0.25, 0.3) is 0 Å². The summed E-state index contributed by atoms with van der Waals surface area (Å²) >= 11 is 0. The highest BCUT2D eigenvalue weighted by Gasteiger charge is 2.31. The lowest BCUT2D eigenvalue weighted by Crippen LogP contribution is -2.21. The lowest BCUT2D eigenvalue weighted by atomic mass is 9.82. The number of allylic oxidation sites excluding steroid dienone is 2. The van der Waals surface area contributed by atoms with Gasteiger partial charge in [-0.2, -0.15) is 0 Å². The molecule has 0 saturated heterocycles. The quantitative estimate of drug-likeness (QED) is 0.815. The SMILES string of the molecule is CC1=C(CCc2ccc(CCC(=O)O)cc2)C(=O)c2c(O)cccc2C1=O. The number of carboxylic acid groups (broad SMARTS) is 1. The Morgan fingerprint density at radius 2 is 1.52 bits per heavy atom. The van der Waals surface area contributed by atoms with Crippen LogP contribution in [0.5, 0.6) is 5.75 Å². The molecule has 5 heteroatoms. The van der Waals surface area contributed by atoms with E-state index < -0.39 is 5.97 Å². The molecule has 0 unspecified atom stereocenters. The van der Waals surface area contributed by atoms with Gasteiger partial charge in [0.1, 0.15) is 5.75 Å². The maximum atomic E-state index is 12.8. The van der Waals surface area contributed by atoms with E-state index in [4.69, 9.17) is 5.11 Å². The summed E-state index contributed by atoms with van der Waals surface area (Å²) in [6.45, 7) is 1.65. The number of hydrogen-bond acceptors (Lipinski definition) is 4. The number of phenols is 1. The second-order valence-corrected chi connectivity index (χ2v) is 6.67. The second kappa shape index (κ2) is 7.58. The maximum Gasteiger partial charge on any atom is 0.303 e. The smallest absolute Gasteiger partial charge is 0.303 e. The Bertz CT molecular complexity index is 951. The predicted octanol–water partition coefficient (Wildman–Crippen LogP) is 3.74. The number of Topliss-reactive ketones (excluding diaryl/α,β-unsaturated/α-hetero) is 2. The first-order chi connectivity index (χ1) is 12.9. The third-order valence-corrected chi connectivity index (χ3v) is 4.90. The van der Waals surface area contributed by atoms with Gasteiger partial charge in [-0.1, -0.05) is 36.4 Å². The Balaban J connectivity index is 1.75. The largest absolute Gasteiger partial charge is 0.507 e. The Morgan fingerprint density at radius 1 is 0.889 bits per heavy atom. The van der Waals surface area contributed by atoms with Gasteiger partial charge in [-0.3, -0.25) is 14.4 Å². The molecular weight excluding hydrogens is 344 g/mol. The molecule has 3 rings (SSSR count). The van der Waals surface area contributed by atoms with Crippen LogP contribution in [-0.2, 0) is 17.6 Å². The van der Waals surface area contributed by atoms with Crippen LogP contribution in [0.4, 0.5) is 0 Å². The highest BCUT2D eigenvalue weighted by molar-refractivity contribution is 6.27. The summed E-state index contributed by atoms with van der Waals surface area (Å²) in [5, 5.41) is 18.8. The molecular formula is C22H20O5. The number of carbonyl (C=O) groups excluding carboxylic acids is 2. The third kappa shape index (κ3) is 3.82. The molecule has 1 aliphatic rings. The van der Waals surface area contributed by atoms with Crippen LogP contribution in [0, 0.1) is 0 Å². The van der Waals surface area contributed by atoms with Gasteiger partial charge in [-0.05, 0) is 43.4 Å². The first kappa shape index (κ1) is 18.6. The standard InChI is InChI=1S/C22H20O5/c1-13-16(22(27)20-17(21(13)26)3-2-4-18(20)23)11-9-14-5-7-15(8-6-14)10-12-19(24)25/h2-8,23H,9-12H2,1H3,(H,24,25). The molecule has 0 aromatic heterocycles. The van der Waals surface area contributed by atoms with E-state index in [1.54, 1.807) is 19.1 Å². The summed E-state index contributed by atoms with van der Waals surface area (Å²) in [6.07, 6.45) is 1.54. The number of fused-ring (bicyclic) bond motifs is 1. The number of ketones is 2. The minimum absolute atomic E-state index is 0.0882. The van der Waals surface area contributed by atoms with E-state index in [9.17, 15) is 19.5 Å². The summed E-state index contributed by atoms with van der Waals surface area (Å²) in [5.74, 6) is -1.51. The van der Waals surface area contributed by atoms with Crippen LogP contribution >= 0.6 is 0 Å². The fraction of sp³-hybridized carbons (Fsp3) is 0.227. The highest BCUT2D eigenvalue weighted by Crippen LogP contribution is 2.33. The monoisotopic (exact) mass is 364 g/mol. The second-order valence-electron chi connectivity index (χ2n) is 6.67. The van der Waals surface area contributed by atoms with Crippen LogP contribution < -0.4 is 0 Å². The van der Waals surface area contributed by atoms with Crippen LogP contribution in [0.25, 0.3) is 0 Å². The molecule has 0 saturated carbocycles. The van der Waals surface area contributed by atoms with Gasteiger partial charge in [0, 0.05) is 23.1 Å². The fourth-order valence-electron chi connectivity index (χ4n) is 3.32. The van der Waals surface area contributed by atoms with Gasteiger partial charge in [0.05, 0.1) is 5.56 Å². The van der Waals surface area contributed by atoms with Gasteiger partial charge in [0.2, 0.25) is 0 Å². The summed E-state index contributed by atoms with van der Waals surface area (Å²) in [7, 11) is 0. The number of carboxylic acids is 1. The molecule has 0 fully saturated rings. The number of rotatable bonds is 6. The zero-order valence-corrected chi connectivity index (χ0v) is 15.0. The first-order valence-electron chi connectivity index (χ1n) is 8.79. The van der Waals surface area contributed by atoms with Gasteiger partial charge in [-0.25, -0.2) is 0 Å². The summed E-state index contributed by atoms with van der Waals surface area (Å²) in [4.78, 5) is 36.0. The Kier molecular flexibility index (Phi) is 5.21. The van der Waals surface area contributed by atoms with Gasteiger partial charge >= 0.3 is 5.97 Å². The van der Waals surface area contributed by atoms with Gasteiger partial charge in [0.15, 0.2) is 11.6 Å². The summed E-state index contributed by atoms with van der Waals surface area (Å²) in [6, 6.07) is 12.1. The number of hydrogen-bond donors (Lipinski definition) is 2. The predicted molar refractivity (Wildman–Crippen MR) is 100 cm³/mol. The van der Waals surface area contributed by atoms with E-state index in [0.717, 1.165) is 11.1 Å². The molecule has 138 valence electrons. The van der Waals surface area contributed by atoms with Crippen molar-refractivity contribution in [2.24, 2.45) is 0 Å². The lowest BCUT2D eigenvalue weighted by molar-refractivity contribution is -0.136. The van der Waals surface area contributed by atoms with E-state index in [2.05, 4.69) is 0 Å². The number of aliphatic carboxylic acids is 1. The number of carbonyl (C=O) groups is 3. The lowest BCUT2D eigenvalue weighted by Gasteiger charge is -2.20. The fourth-order valence-corrected chi connectivity index (χ4v) is 3.32. The summed E-state index contributed by atoms with van der Waals surface area (Å²) < 4.78 is 0. The van der Waals surface area contributed by atoms with Gasteiger partial charge in [-0.15, -0.1) is 0 Å². The van der Waals surface area contributed by atoms with Crippen molar-refractivity contribution in [3.8, 4) is 5.75 Å². The van der Waals surface area contributed by atoms with Crippen molar-refractivity contribution in [2.45, 2.75) is 32.6 Å². The van der Waals surface area contributed by atoms with Crippen molar-refractivity contribution in [2.75, 3.05) is 0 Å². The molecule has 27 heavy (non-hydrogen) atoms. The van der Waals surface area contributed by atoms with E-state index in [0.29, 0.717) is 30.4 Å². The zero-order chi connectivity index (χ0) is 19.6. The minimum atomic E-state index is -0.828. The Labute approximate surface area is 157 Å². The van der Waals surface area contributed by atoms with E-state index in [1.165, 1.54) is 6.07 Å². The summed E-state index contributed by atoms with van der Waals surface area (Å²) in [5.41, 5.74) is 3.15. The van der Waals surface area contributed by atoms with Crippen molar-refractivity contribution in [3.05, 3.63) is 75.9 Å². The Morgan fingerprint density at radius 3 is 2.15 bits per heavy atom. The molecule has 2 aromatic rings. The topological polar surface area (TPSA) is 91.7 Å². The van der Waals surface area contributed by atoms with E-state index in [-0.39, 0.29) is 34.9 Å². The van der Waals surface area contributed by atoms with Gasteiger partial charge < -0.3 is 10.2 Å². The maximum absolute atomic E-state index is 12.8. The Hall–Kier alpha value is -3.21. The molecule has 0 bridgehead atoms. The van der Waals surface area contributed by atoms with E-state index in [1.807, 2.05) is 24.3 Å². The highest BCUT2D eigenvalue weighted by atomic mass is 16.4. The molecule has 0 aliphatic heterocycles. The number of aryl methyl sites for hydroxylation is 2. The minimum Gasteiger partial charge on any atom is -0.507 e. The average Bonchev–Trinajstić information content (AvgIpc) is 2.65. The third-order valence-electron chi connectivity index (χ3n) is 4.90. The molecule has 0 spiro atoms. The van der Waals surface area contributed by atoms with Crippen LogP contribution in [0.2, 0.25) is 0 Å². The van der Waals surface area contributed by atoms with Crippen molar-refractivity contribution < 1.29 is 24.6 Å². The van der Waals surface area contributed by atoms with Crippen LogP contribution in [0.3, 0.4) is 0 Å². The number of aromatic hydroxyl groups is 1. The number of phenolic OH excluding ortho intramolecular Hbond substituents is 1. The van der Waals surface area contributed by atoms with Crippen molar-refractivity contribution in [1.82, 2.24) is 0 Å². The molecule has 0 atom stereocenters. The molecule has 2 aromatic carbocycles. The number of benzene rings is 2. The zero-order valence-electron chi connectivity index (χ0n) is 15.0. The van der Waals surface area contributed by atoms with Crippen LogP contribution in [0.15, 0.2) is 53.6 Å². The van der Waals surface area contributed by atoms with Crippen molar-refractivity contribution in [3.63, 3.8) is 0 Å². The first-order valence-corrected chi connectivity index (χ1v) is 8.79. The molecule has 0 radical (unpaired) electrons. The van der Waals surface area contributed by atoms with Crippen molar-refractivity contribution >= 4 is 17.5 Å². The van der Waals surface area contributed by atoms with Crippen LogP contribution in [0.1, 0.15) is 51.6 Å². The normalized spacial score (nSPS) is 13.7. The molecule has 5 nitrogen and oxygen atoms in total. The average molecular weight is 364 g/mol. The van der Waals surface area contributed by atoms with Crippen LogP contribution in [-0.4, -0.2) is 27.7 Å². The molecule has 0 amide bonds. The van der Waals surface area contributed by atoms with E-state index >= 15 is 0 Å². The molecule has 1 aliphatic carbocycles. The van der Waals surface area contributed by atoms with Crippen molar-refractivity contribution in [1.29, 1.82) is 0 Å². The molecule has 0 heterocycles.